The van der Waals surface area contributed by atoms with E-state index in [1.807, 2.05) is 0 Å². The molecular weight excluding hydrogens is 180 g/mol. The molecule has 0 N–H and O–H groups in total. The van der Waals surface area contributed by atoms with Gasteiger partial charge in [0, 0.05) is 18.8 Å². The number of carbonyl (C=O) groups is 2. The van der Waals surface area contributed by atoms with E-state index in [-0.39, 0.29) is 11.9 Å². The lowest BCUT2D eigenvalue weighted by Crippen LogP contribution is -2.24. The van der Waals surface area contributed by atoms with E-state index in [1.54, 1.807) is 0 Å². The number of rotatable bonds is 3. The van der Waals surface area contributed by atoms with Crippen LogP contribution in [-0.2, 0) is 14.3 Å². The Morgan fingerprint density at radius 3 is 2.93 bits per heavy atom. The number of methoxy groups -OCH3 is 1. The molecule has 2 atom stereocenters. The maximum Gasteiger partial charge on any atom is 0.305 e. The second-order valence-electron chi connectivity index (χ2n) is 4.16. The van der Waals surface area contributed by atoms with E-state index in [0.717, 1.165) is 12.8 Å². The van der Waals surface area contributed by atoms with Crippen molar-refractivity contribution < 1.29 is 14.3 Å². The Labute approximate surface area is 84.8 Å². The van der Waals surface area contributed by atoms with Crippen molar-refractivity contribution in [1.29, 1.82) is 0 Å². The zero-order chi connectivity index (χ0) is 10.6. The Balaban J connectivity index is 2.34. The van der Waals surface area contributed by atoms with E-state index in [0.29, 0.717) is 31.0 Å². The average molecular weight is 198 g/mol. The monoisotopic (exact) mass is 198 g/mol. The first-order valence-corrected chi connectivity index (χ1v) is 5.23. The predicted octanol–water partition coefficient (Wildman–Crippen LogP) is 1.94. The molecule has 0 amide bonds. The van der Waals surface area contributed by atoms with Crippen LogP contribution in [0.2, 0.25) is 0 Å². The minimum absolute atomic E-state index is 0.0952. The molecule has 3 heteroatoms. The van der Waals surface area contributed by atoms with E-state index < -0.39 is 0 Å². The van der Waals surface area contributed by atoms with Crippen LogP contribution in [0.15, 0.2) is 0 Å². The Hall–Kier alpha value is -0.860. The summed E-state index contributed by atoms with van der Waals surface area (Å²) in [5.74, 6) is 0.830. The summed E-state index contributed by atoms with van der Waals surface area (Å²) in [6, 6.07) is 0. The van der Waals surface area contributed by atoms with Crippen molar-refractivity contribution in [2.45, 2.75) is 39.0 Å². The second-order valence-corrected chi connectivity index (χ2v) is 4.16. The lowest BCUT2D eigenvalue weighted by atomic mass is 9.79. The molecule has 1 saturated carbocycles. The molecular formula is C11H18O3. The fourth-order valence-electron chi connectivity index (χ4n) is 2.00. The minimum Gasteiger partial charge on any atom is -0.469 e. The number of ether oxygens (including phenoxy) is 1. The fraction of sp³-hybridized carbons (Fsp3) is 0.818. The van der Waals surface area contributed by atoms with Gasteiger partial charge in [-0.05, 0) is 25.2 Å². The van der Waals surface area contributed by atoms with Crippen molar-refractivity contribution in [3.05, 3.63) is 0 Å². The number of carbonyl (C=O) groups excluding carboxylic acids is 2. The fourth-order valence-corrected chi connectivity index (χ4v) is 2.00. The molecule has 2 unspecified atom stereocenters. The molecule has 0 saturated heterocycles. The topological polar surface area (TPSA) is 43.4 Å². The van der Waals surface area contributed by atoms with Crippen molar-refractivity contribution in [3.8, 4) is 0 Å². The van der Waals surface area contributed by atoms with Crippen LogP contribution in [0.5, 0.6) is 0 Å². The Morgan fingerprint density at radius 2 is 2.29 bits per heavy atom. The summed E-state index contributed by atoms with van der Waals surface area (Å²) in [7, 11) is 1.38. The van der Waals surface area contributed by atoms with Crippen molar-refractivity contribution in [2.75, 3.05) is 7.11 Å². The van der Waals surface area contributed by atoms with Crippen LogP contribution in [0, 0.1) is 11.8 Å². The van der Waals surface area contributed by atoms with Crippen molar-refractivity contribution in [3.63, 3.8) is 0 Å². The van der Waals surface area contributed by atoms with Gasteiger partial charge in [0.15, 0.2) is 0 Å². The van der Waals surface area contributed by atoms with Crippen LogP contribution in [-0.4, -0.2) is 18.9 Å². The zero-order valence-corrected chi connectivity index (χ0v) is 8.91. The zero-order valence-electron chi connectivity index (χ0n) is 8.91. The first kappa shape index (κ1) is 11.2. The van der Waals surface area contributed by atoms with Gasteiger partial charge in [-0.1, -0.05) is 6.92 Å². The molecule has 1 rings (SSSR count). The van der Waals surface area contributed by atoms with Crippen LogP contribution in [0.3, 0.4) is 0 Å². The summed E-state index contributed by atoms with van der Waals surface area (Å²) in [5.41, 5.74) is 0. The third-order valence-electron chi connectivity index (χ3n) is 2.95. The summed E-state index contributed by atoms with van der Waals surface area (Å²) in [6.45, 7) is 2.16. The number of hydrogen-bond donors (Lipinski definition) is 0. The van der Waals surface area contributed by atoms with Crippen LogP contribution >= 0.6 is 0 Å². The van der Waals surface area contributed by atoms with E-state index >= 15 is 0 Å². The maximum atomic E-state index is 11.5. The summed E-state index contributed by atoms with van der Waals surface area (Å²) in [4.78, 5) is 22.4. The van der Waals surface area contributed by atoms with Gasteiger partial charge in [-0.15, -0.1) is 0 Å². The molecule has 0 bridgehead atoms. The number of esters is 1. The van der Waals surface area contributed by atoms with Gasteiger partial charge in [-0.2, -0.15) is 0 Å². The molecule has 0 spiro atoms. The molecule has 1 aliphatic carbocycles. The Morgan fingerprint density at radius 1 is 1.57 bits per heavy atom. The van der Waals surface area contributed by atoms with Gasteiger partial charge >= 0.3 is 5.97 Å². The minimum atomic E-state index is -0.212. The van der Waals surface area contributed by atoms with Gasteiger partial charge in [-0.25, -0.2) is 0 Å². The number of hydrogen-bond acceptors (Lipinski definition) is 3. The molecule has 3 nitrogen and oxygen atoms in total. The SMILES string of the molecule is COC(=O)CCC1CC(C)CCC1=O. The predicted molar refractivity (Wildman–Crippen MR) is 52.8 cm³/mol. The van der Waals surface area contributed by atoms with Crippen LogP contribution in [0.1, 0.15) is 39.0 Å². The number of Topliss-reactive ketones (excluding diaryl/α,β-unsaturated/α-hetero) is 1. The van der Waals surface area contributed by atoms with Gasteiger partial charge in [0.1, 0.15) is 5.78 Å². The lowest BCUT2D eigenvalue weighted by molar-refractivity contribution is -0.141. The lowest BCUT2D eigenvalue weighted by Gasteiger charge is -2.25. The molecule has 0 aromatic carbocycles. The molecule has 0 aliphatic heterocycles. The van der Waals surface area contributed by atoms with Gasteiger partial charge < -0.3 is 4.74 Å². The van der Waals surface area contributed by atoms with Crippen molar-refractivity contribution in [2.24, 2.45) is 11.8 Å². The van der Waals surface area contributed by atoms with E-state index in [2.05, 4.69) is 11.7 Å². The van der Waals surface area contributed by atoms with E-state index in [1.165, 1.54) is 7.11 Å². The molecule has 0 aromatic rings. The first-order chi connectivity index (χ1) is 6.63. The smallest absolute Gasteiger partial charge is 0.305 e. The largest absolute Gasteiger partial charge is 0.469 e. The normalized spacial score (nSPS) is 27.4. The average Bonchev–Trinajstić information content (AvgIpc) is 2.19. The molecule has 0 aromatic heterocycles. The standard InChI is InChI=1S/C11H18O3/c1-8-3-5-10(12)9(7-8)4-6-11(13)14-2/h8-9H,3-7H2,1-2H3. The molecule has 80 valence electrons. The van der Waals surface area contributed by atoms with E-state index in [9.17, 15) is 9.59 Å². The third-order valence-corrected chi connectivity index (χ3v) is 2.95. The third kappa shape index (κ3) is 3.13. The maximum absolute atomic E-state index is 11.5. The summed E-state index contributed by atoms with van der Waals surface area (Å²) >= 11 is 0. The van der Waals surface area contributed by atoms with E-state index in [4.69, 9.17) is 0 Å². The highest BCUT2D eigenvalue weighted by Crippen LogP contribution is 2.28. The Bertz CT molecular complexity index is 223. The molecule has 14 heavy (non-hydrogen) atoms. The highest BCUT2D eigenvalue weighted by atomic mass is 16.5. The molecule has 0 heterocycles. The summed E-state index contributed by atoms with van der Waals surface area (Å²) < 4.78 is 4.55. The molecule has 0 radical (unpaired) electrons. The van der Waals surface area contributed by atoms with Crippen molar-refractivity contribution in [1.82, 2.24) is 0 Å². The molecule has 1 aliphatic rings. The van der Waals surface area contributed by atoms with Gasteiger partial charge in [-0.3, -0.25) is 9.59 Å². The first-order valence-electron chi connectivity index (χ1n) is 5.23. The second kappa shape index (κ2) is 5.13. The van der Waals surface area contributed by atoms with Gasteiger partial charge in [0.05, 0.1) is 7.11 Å². The highest BCUT2D eigenvalue weighted by molar-refractivity contribution is 5.82. The van der Waals surface area contributed by atoms with Crippen LogP contribution in [0.25, 0.3) is 0 Å². The summed E-state index contributed by atoms with van der Waals surface area (Å²) in [6.07, 6.45) is 3.67. The summed E-state index contributed by atoms with van der Waals surface area (Å²) in [5, 5.41) is 0. The van der Waals surface area contributed by atoms with Crippen LogP contribution < -0.4 is 0 Å². The van der Waals surface area contributed by atoms with Crippen molar-refractivity contribution >= 4 is 11.8 Å². The van der Waals surface area contributed by atoms with Gasteiger partial charge in [0.25, 0.3) is 0 Å². The van der Waals surface area contributed by atoms with Crippen LogP contribution in [0.4, 0.5) is 0 Å². The Kier molecular flexibility index (Phi) is 4.11. The van der Waals surface area contributed by atoms with Gasteiger partial charge in [0.2, 0.25) is 0 Å². The number of ketones is 1. The quantitative estimate of drug-likeness (QED) is 0.651. The molecule has 1 fully saturated rings. The highest BCUT2D eigenvalue weighted by Gasteiger charge is 2.26.